The van der Waals surface area contributed by atoms with Crippen molar-refractivity contribution in [3.05, 3.63) is 120 Å². The topological polar surface area (TPSA) is 65.2 Å². The van der Waals surface area contributed by atoms with Crippen LogP contribution in [-0.2, 0) is 15.9 Å². The van der Waals surface area contributed by atoms with E-state index in [2.05, 4.69) is 8.80 Å². The zero-order valence-electron chi connectivity index (χ0n) is 18.2. The Kier molecular flexibility index (Phi) is 15.0. The molecule has 4 aromatic rings. The Morgan fingerprint density at radius 3 is 1.20 bits per heavy atom. The first-order chi connectivity index (χ1) is 17.1. The van der Waals surface area contributed by atoms with E-state index in [1.807, 2.05) is 84.9 Å². The van der Waals surface area contributed by atoms with Crippen molar-refractivity contribution in [2.45, 2.75) is 9.79 Å². The Morgan fingerprint density at radius 2 is 0.857 bits per heavy atom. The van der Waals surface area contributed by atoms with E-state index in [1.54, 1.807) is 36.7 Å². The first-order valence-corrected chi connectivity index (χ1v) is 15.6. The van der Waals surface area contributed by atoms with Crippen molar-refractivity contribution >= 4 is 55.4 Å². The predicted octanol–water partition coefficient (Wildman–Crippen LogP) is 8.41. The van der Waals surface area contributed by atoms with Crippen molar-refractivity contribution in [2.24, 2.45) is 8.80 Å². The number of phenolic OH excluding ortho intramolecular Hbond substituents is 2. The molecule has 0 atom stereocenters. The molecular weight excluding hydrogens is 614 g/mol. The predicted molar refractivity (Wildman–Crippen MR) is 148 cm³/mol. The van der Waals surface area contributed by atoms with E-state index in [1.165, 1.54) is 23.9 Å². The molecule has 0 aliphatic heterocycles. The van der Waals surface area contributed by atoms with Gasteiger partial charge in [-0.3, -0.25) is 0 Å². The third-order valence-electron chi connectivity index (χ3n) is 4.06. The summed E-state index contributed by atoms with van der Waals surface area (Å²) in [4.78, 5) is 2.16. The fourth-order valence-corrected chi connectivity index (χ4v) is 3.58. The molecule has 0 amide bonds. The minimum absolute atomic E-state index is 0.106. The van der Waals surface area contributed by atoms with E-state index < -0.39 is 0 Å². The van der Waals surface area contributed by atoms with E-state index in [-0.39, 0.29) is 27.4 Å². The van der Waals surface area contributed by atoms with Crippen LogP contribution in [0.3, 0.4) is 0 Å². The molecule has 0 fully saturated rings. The van der Waals surface area contributed by atoms with Gasteiger partial charge in [0.25, 0.3) is 0 Å². The van der Waals surface area contributed by atoms with Gasteiger partial charge in [-0.05, 0) is 48.5 Å². The quantitative estimate of drug-likeness (QED) is 0.127. The van der Waals surface area contributed by atoms with Crippen LogP contribution in [0, 0.1) is 0 Å². The average molecular weight is 636 g/mol. The monoisotopic (exact) mass is 634 g/mol. The van der Waals surface area contributed by atoms with Crippen LogP contribution in [0.2, 0.25) is 0 Å². The molecule has 0 radical (unpaired) electrons. The van der Waals surface area contributed by atoms with Crippen LogP contribution in [0.25, 0.3) is 0 Å². The second-order valence-corrected chi connectivity index (χ2v) is 10.5. The summed E-state index contributed by atoms with van der Waals surface area (Å²) in [5.41, 5.74) is 1.46. The van der Waals surface area contributed by atoms with Crippen molar-refractivity contribution in [3.63, 3.8) is 0 Å². The van der Waals surface area contributed by atoms with Crippen LogP contribution >= 0.6 is 43.0 Å². The maximum atomic E-state index is 9.51. The molecule has 35 heavy (non-hydrogen) atoms. The molecule has 0 aliphatic carbocycles. The molecule has 0 unspecified atom stereocenters. The Bertz CT molecular complexity index is 1090. The molecular formula is C26H22Cl2N2O2PdS2. The van der Waals surface area contributed by atoms with Gasteiger partial charge in [0.15, 0.2) is 0 Å². The second-order valence-electron chi connectivity index (χ2n) is 6.44. The molecule has 0 spiro atoms. The Labute approximate surface area is 230 Å². The van der Waals surface area contributed by atoms with Crippen molar-refractivity contribution in [1.29, 1.82) is 0 Å². The van der Waals surface area contributed by atoms with Gasteiger partial charge in [-0.15, -0.1) is 0 Å². The van der Waals surface area contributed by atoms with E-state index in [0.717, 1.165) is 20.9 Å². The summed E-state index contributed by atoms with van der Waals surface area (Å²) in [6.07, 6.45) is 3.32. The maximum absolute atomic E-state index is 9.51. The van der Waals surface area contributed by atoms with E-state index in [9.17, 15) is 10.2 Å². The van der Waals surface area contributed by atoms with Gasteiger partial charge in [-0.2, -0.15) is 0 Å². The Morgan fingerprint density at radius 1 is 0.543 bits per heavy atom. The van der Waals surface area contributed by atoms with Gasteiger partial charge in [-0.1, -0.05) is 60.7 Å². The molecule has 0 saturated carbocycles. The van der Waals surface area contributed by atoms with Gasteiger partial charge in [0, 0.05) is 57.2 Å². The van der Waals surface area contributed by atoms with Crippen molar-refractivity contribution in [2.75, 3.05) is 0 Å². The Balaban J connectivity index is 0.000000222. The van der Waals surface area contributed by atoms with Crippen LogP contribution in [0.1, 0.15) is 11.1 Å². The number of nitrogens with zero attached hydrogens (tertiary/aromatic N) is 2. The van der Waals surface area contributed by atoms with Crippen molar-refractivity contribution in [1.82, 2.24) is 0 Å². The van der Waals surface area contributed by atoms with Crippen LogP contribution in [0.4, 0.5) is 0 Å². The normalized spacial score (nSPS) is 10.5. The number of benzene rings is 4. The van der Waals surface area contributed by atoms with Crippen LogP contribution in [-0.4, -0.2) is 22.6 Å². The molecule has 184 valence electrons. The molecule has 4 nitrogen and oxygen atoms in total. The molecule has 0 bridgehead atoms. The molecule has 0 saturated heterocycles. The first kappa shape index (κ1) is 29.0. The van der Waals surface area contributed by atoms with Crippen molar-refractivity contribution < 1.29 is 26.2 Å². The first-order valence-electron chi connectivity index (χ1n) is 10.0. The van der Waals surface area contributed by atoms with Gasteiger partial charge < -0.3 is 10.2 Å². The van der Waals surface area contributed by atoms with Gasteiger partial charge in [0.05, 0.1) is 0 Å². The summed E-state index contributed by atoms with van der Waals surface area (Å²) >= 11 is 2.66. The van der Waals surface area contributed by atoms with E-state index in [0.29, 0.717) is 0 Å². The summed E-state index contributed by atoms with van der Waals surface area (Å²) in [5, 5.41) is 19.0. The molecule has 9 heteroatoms. The van der Waals surface area contributed by atoms with Gasteiger partial charge >= 0.3 is 35.0 Å². The van der Waals surface area contributed by atoms with Gasteiger partial charge in [-0.25, -0.2) is 8.80 Å². The molecule has 0 heterocycles. The van der Waals surface area contributed by atoms with Gasteiger partial charge in [0.2, 0.25) is 0 Å². The number of rotatable bonds is 6. The number of aromatic hydroxyl groups is 2. The number of hydrogen-bond acceptors (Lipinski definition) is 6. The number of halogens is 2. The summed E-state index contributed by atoms with van der Waals surface area (Å²) in [5.74, 6) is 0.500. The number of hydrogen-bond donors (Lipinski definition) is 2. The fraction of sp³-hybridized carbons (Fsp3) is 0. The van der Waals surface area contributed by atoms with E-state index in [4.69, 9.17) is 19.1 Å². The van der Waals surface area contributed by atoms with Gasteiger partial charge in [0.1, 0.15) is 11.5 Å². The SMILES string of the molecule is Oc1ccccc1/C=N/Sc1ccccc1.Oc1ccccc1/C=N/Sc1ccccc1.[Cl][Pd][Cl]. The second kappa shape index (κ2) is 18.1. The Hall–Kier alpha value is -2.24. The summed E-state index contributed by atoms with van der Waals surface area (Å²) < 4.78 is 8.41. The molecule has 0 aliphatic rings. The van der Waals surface area contributed by atoms with E-state index >= 15 is 0 Å². The summed E-state index contributed by atoms with van der Waals surface area (Å²) in [6.45, 7) is 0. The van der Waals surface area contributed by atoms with Crippen molar-refractivity contribution in [3.8, 4) is 11.5 Å². The third kappa shape index (κ3) is 12.3. The molecule has 2 N–H and O–H groups in total. The molecule has 0 aromatic heterocycles. The summed E-state index contributed by atoms with van der Waals surface area (Å²) in [7, 11) is 9.63. The zero-order chi connectivity index (χ0) is 25.1. The number of phenols is 2. The third-order valence-corrected chi connectivity index (χ3v) is 5.45. The average Bonchev–Trinajstić information content (AvgIpc) is 2.89. The minimum atomic E-state index is -0.106. The standard InChI is InChI=1S/2C13H11NOS.2ClH.Pd/c2*15-13-9-5-4-6-11(13)10-14-16-12-7-2-1-3-8-12;;;/h2*1-10,15H;2*1H;/q;;;;+2/p-2/b2*14-10+;;;. The molecule has 4 rings (SSSR count). The molecule has 4 aromatic carbocycles. The fourth-order valence-electron chi connectivity index (χ4n) is 2.44. The summed E-state index contributed by atoms with van der Waals surface area (Å²) in [6, 6.07) is 34.0. The van der Waals surface area contributed by atoms with Crippen LogP contribution < -0.4 is 0 Å². The van der Waals surface area contributed by atoms with Crippen LogP contribution in [0.15, 0.2) is 128 Å². The zero-order valence-corrected chi connectivity index (χ0v) is 22.9. The van der Waals surface area contributed by atoms with Crippen LogP contribution in [0.5, 0.6) is 11.5 Å². The number of para-hydroxylation sites is 2.